The van der Waals surface area contributed by atoms with Crippen LogP contribution in [0, 0.1) is 12.7 Å². The molecule has 0 unspecified atom stereocenters. The molecule has 0 aliphatic heterocycles. The lowest BCUT2D eigenvalue weighted by Crippen LogP contribution is -2.13. The predicted molar refractivity (Wildman–Crippen MR) is 119 cm³/mol. The Morgan fingerprint density at radius 3 is 2.74 bits per heavy atom. The van der Waals surface area contributed by atoms with Gasteiger partial charge in [-0.3, -0.25) is 10.1 Å². The molecule has 0 saturated carbocycles. The van der Waals surface area contributed by atoms with E-state index in [0.717, 1.165) is 5.56 Å². The van der Waals surface area contributed by atoms with E-state index in [1.807, 2.05) is 6.07 Å². The number of ether oxygens (including phenoxy) is 1. The highest BCUT2D eigenvalue weighted by atomic mass is 35.5. The average Bonchev–Trinajstić information content (AvgIpc) is 3.34. The highest BCUT2D eigenvalue weighted by Gasteiger charge is 2.26. The maximum absolute atomic E-state index is 14.4. The smallest absolute Gasteiger partial charge is 0.263 e. The summed E-state index contributed by atoms with van der Waals surface area (Å²) in [6.07, 6.45) is 0. The standard InChI is InChI=1S/C21H14Cl2FN3O3S/c1-10-17(19(27-30-10)18-12(22)4-3-5-14(18)24)20(28)26-21-25-15(9-31-21)11-6-7-16(29-2)13(23)8-11/h3-9H,1-2H3,(H,25,26,28). The molecule has 4 aromatic rings. The maximum Gasteiger partial charge on any atom is 0.263 e. The number of amides is 1. The fraction of sp³-hybridized carbons (Fsp3) is 0.0952. The fourth-order valence-corrected chi connectivity index (χ4v) is 4.21. The van der Waals surface area contributed by atoms with Crippen LogP contribution in [0.25, 0.3) is 22.5 Å². The van der Waals surface area contributed by atoms with Crippen molar-refractivity contribution in [2.75, 3.05) is 12.4 Å². The van der Waals surface area contributed by atoms with Crippen molar-refractivity contribution in [3.8, 4) is 28.3 Å². The highest BCUT2D eigenvalue weighted by Crippen LogP contribution is 2.35. The molecule has 0 aliphatic rings. The summed E-state index contributed by atoms with van der Waals surface area (Å²) in [4.78, 5) is 17.4. The van der Waals surface area contributed by atoms with Crippen LogP contribution in [0.1, 0.15) is 16.1 Å². The van der Waals surface area contributed by atoms with Crippen molar-refractivity contribution in [3.05, 3.63) is 69.0 Å². The second-order valence-corrected chi connectivity index (χ2v) is 8.07. The Morgan fingerprint density at radius 1 is 1.23 bits per heavy atom. The molecular formula is C21H14Cl2FN3O3S. The summed E-state index contributed by atoms with van der Waals surface area (Å²) in [5.74, 6) is -0.369. The molecule has 0 radical (unpaired) electrons. The SMILES string of the molecule is COc1ccc(-c2csc(NC(=O)c3c(-c4c(F)cccc4Cl)noc3C)n2)cc1Cl. The number of hydrogen-bond acceptors (Lipinski definition) is 6. The van der Waals surface area contributed by atoms with Gasteiger partial charge in [-0.15, -0.1) is 11.3 Å². The van der Waals surface area contributed by atoms with Crippen LogP contribution in [0.2, 0.25) is 10.0 Å². The van der Waals surface area contributed by atoms with Gasteiger partial charge in [0, 0.05) is 10.9 Å². The Hall–Kier alpha value is -2.94. The minimum Gasteiger partial charge on any atom is -0.495 e. The van der Waals surface area contributed by atoms with Crippen LogP contribution in [0.15, 0.2) is 46.3 Å². The van der Waals surface area contributed by atoms with Gasteiger partial charge in [-0.25, -0.2) is 9.37 Å². The summed E-state index contributed by atoms with van der Waals surface area (Å²) >= 11 is 13.5. The van der Waals surface area contributed by atoms with E-state index in [9.17, 15) is 9.18 Å². The van der Waals surface area contributed by atoms with Crippen molar-refractivity contribution in [2.45, 2.75) is 6.92 Å². The normalized spacial score (nSPS) is 10.9. The number of aromatic nitrogens is 2. The third-order valence-electron chi connectivity index (χ3n) is 4.46. The zero-order chi connectivity index (χ0) is 22.1. The molecule has 0 spiro atoms. The number of carbonyl (C=O) groups is 1. The summed E-state index contributed by atoms with van der Waals surface area (Å²) in [6, 6.07) is 9.49. The van der Waals surface area contributed by atoms with Gasteiger partial charge in [-0.05, 0) is 37.3 Å². The quantitative estimate of drug-likeness (QED) is 0.355. The van der Waals surface area contributed by atoms with Gasteiger partial charge in [0.15, 0.2) is 5.13 Å². The third-order valence-corrected chi connectivity index (χ3v) is 5.83. The number of anilines is 1. The largest absolute Gasteiger partial charge is 0.495 e. The number of nitrogens with zero attached hydrogens (tertiary/aromatic N) is 2. The monoisotopic (exact) mass is 477 g/mol. The number of carbonyl (C=O) groups excluding carboxylic acids is 1. The Kier molecular flexibility index (Phi) is 5.95. The van der Waals surface area contributed by atoms with Crippen molar-refractivity contribution >= 4 is 45.6 Å². The van der Waals surface area contributed by atoms with Crippen LogP contribution in [0.5, 0.6) is 5.75 Å². The Morgan fingerprint density at radius 2 is 2.03 bits per heavy atom. The van der Waals surface area contributed by atoms with Gasteiger partial charge in [0.2, 0.25) is 0 Å². The van der Waals surface area contributed by atoms with Crippen LogP contribution < -0.4 is 10.1 Å². The number of nitrogens with one attached hydrogen (secondary N) is 1. The molecule has 2 aromatic heterocycles. The lowest BCUT2D eigenvalue weighted by atomic mass is 10.1. The van der Waals surface area contributed by atoms with Gasteiger partial charge < -0.3 is 9.26 Å². The van der Waals surface area contributed by atoms with Crippen LogP contribution in [0.3, 0.4) is 0 Å². The van der Waals surface area contributed by atoms with E-state index in [1.165, 1.54) is 36.6 Å². The van der Waals surface area contributed by atoms with E-state index in [-0.39, 0.29) is 27.6 Å². The minimum absolute atomic E-state index is 0.00105. The summed E-state index contributed by atoms with van der Waals surface area (Å²) in [5, 5.41) is 9.25. The minimum atomic E-state index is -0.609. The summed E-state index contributed by atoms with van der Waals surface area (Å²) < 4.78 is 24.7. The van der Waals surface area contributed by atoms with E-state index in [0.29, 0.717) is 21.6 Å². The summed E-state index contributed by atoms with van der Waals surface area (Å²) in [6.45, 7) is 1.56. The van der Waals surface area contributed by atoms with E-state index in [4.69, 9.17) is 32.5 Å². The molecule has 4 rings (SSSR count). The predicted octanol–water partition coefficient (Wildman–Crippen LogP) is 6.48. The van der Waals surface area contributed by atoms with E-state index in [2.05, 4.69) is 15.5 Å². The molecule has 158 valence electrons. The molecule has 31 heavy (non-hydrogen) atoms. The number of benzene rings is 2. The van der Waals surface area contributed by atoms with E-state index in [1.54, 1.807) is 24.4 Å². The van der Waals surface area contributed by atoms with Crippen molar-refractivity contribution in [1.29, 1.82) is 0 Å². The lowest BCUT2D eigenvalue weighted by Gasteiger charge is -2.06. The Balaban J connectivity index is 1.62. The van der Waals surface area contributed by atoms with Crippen molar-refractivity contribution in [2.24, 2.45) is 0 Å². The lowest BCUT2D eigenvalue weighted by molar-refractivity contribution is 0.102. The van der Waals surface area contributed by atoms with Gasteiger partial charge in [-0.1, -0.05) is 34.4 Å². The molecule has 1 N–H and O–H groups in total. The highest BCUT2D eigenvalue weighted by molar-refractivity contribution is 7.14. The van der Waals surface area contributed by atoms with Crippen LogP contribution in [-0.2, 0) is 0 Å². The number of hydrogen-bond donors (Lipinski definition) is 1. The molecule has 0 saturated heterocycles. The molecule has 2 aromatic carbocycles. The van der Waals surface area contributed by atoms with Crippen molar-refractivity contribution < 1.29 is 18.4 Å². The van der Waals surface area contributed by atoms with Crippen molar-refractivity contribution in [3.63, 3.8) is 0 Å². The first kappa shape index (κ1) is 21.3. The Bertz CT molecular complexity index is 1270. The maximum atomic E-state index is 14.4. The van der Waals surface area contributed by atoms with Crippen molar-refractivity contribution in [1.82, 2.24) is 10.1 Å². The number of thiazole rings is 1. The first-order valence-electron chi connectivity index (χ1n) is 8.90. The van der Waals surface area contributed by atoms with Gasteiger partial charge in [-0.2, -0.15) is 0 Å². The van der Waals surface area contributed by atoms with Gasteiger partial charge in [0.1, 0.15) is 28.6 Å². The number of rotatable bonds is 5. The number of aryl methyl sites for hydroxylation is 1. The van der Waals surface area contributed by atoms with Gasteiger partial charge in [0.05, 0.1) is 28.4 Å². The first-order chi connectivity index (χ1) is 14.9. The second kappa shape index (κ2) is 8.66. The zero-order valence-electron chi connectivity index (χ0n) is 16.2. The van der Waals surface area contributed by atoms with E-state index < -0.39 is 11.7 Å². The topological polar surface area (TPSA) is 77.2 Å². The summed E-state index contributed by atoms with van der Waals surface area (Å²) in [5.41, 5.74) is 1.50. The molecule has 0 aliphatic carbocycles. The Labute approximate surface area is 190 Å². The van der Waals surface area contributed by atoms with Crippen LogP contribution >= 0.6 is 34.5 Å². The molecular weight excluding hydrogens is 464 g/mol. The zero-order valence-corrected chi connectivity index (χ0v) is 18.5. The van der Waals surface area contributed by atoms with Crippen LogP contribution in [-0.4, -0.2) is 23.2 Å². The third kappa shape index (κ3) is 4.14. The second-order valence-electron chi connectivity index (χ2n) is 6.40. The molecule has 6 nitrogen and oxygen atoms in total. The summed E-state index contributed by atoms with van der Waals surface area (Å²) in [7, 11) is 1.53. The molecule has 1 amide bonds. The number of halogens is 3. The van der Waals surface area contributed by atoms with Crippen LogP contribution in [0.4, 0.5) is 9.52 Å². The molecule has 2 heterocycles. The fourth-order valence-electron chi connectivity index (χ4n) is 2.98. The average molecular weight is 478 g/mol. The molecule has 0 fully saturated rings. The molecule has 0 bridgehead atoms. The van der Waals surface area contributed by atoms with E-state index >= 15 is 0 Å². The molecule has 10 heteroatoms. The van der Waals surface area contributed by atoms with Gasteiger partial charge in [0.25, 0.3) is 5.91 Å². The molecule has 0 atom stereocenters. The van der Waals surface area contributed by atoms with Gasteiger partial charge >= 0.3 is 0 Å². The number of methoxy groups -OCH3 is 1. The first-order valence-corrected chi connectivity index (χ1v) is 10.5.